The molecule has 0 aliphatic rings. The van der Waals surface area contributed by atoms with Crippen molar-refractivity contribution >= 4 is 39.3 Å². The van der Waals surface area contributed by atoms with E-state index in [1.165, 1.54) is 17.6 Å². The molecule has 3 aromatic heterocycles. The second kappa shape index (κ2) is 6.33. The van der Waals surface area contributed by atoms with Gasteiger partial charge in [-0.2, -0.15) is 0 Å². The van der Waals surface area contributed by atoms with Gasteiger partial charge in [-0.15, -0.1) is 11.3 Å². The Bertz CT molecular complexity index is 883. The fourth-order valence-corrected chi connectivity index (χ4v) is 4.32. The van der Waals surface area contributed by atoms with Gasteiger partial charge < -0.3 is 9.15 Å². The zero-order chi connectivity index (χ0) is 16.6. The van der Waals surface area contributed by atoms with Crippen LogP contribution in [0.5, 0.6) is 0 Å². The Kier molecular flexibility index (Phi) is 4.41. The summed E-state index contributed by atoms with van der Waals surface area (Å²) in [6.07, 6.45) is 1.59. The van der Waals surface area contributed by atoms with Gasteiger partial charge in [0.1, 0.15) is 33.3 Å². The topological polar surface area (TPSA) is 65.2 Å². The first kappa shape index (κ1) is 16.0. The molecule has 3 rings (SSSR count). The van der Waals surface area contributed by atoms with Crippen molar-refractivity contribution < 1.29 is 13.9 Å². The molecule has 0 radical (unpaired) electrons. The molecule has 0 saturated carbocycles. The van der Waals surface area contributed by atoms with Crippen LogP contribution >= 0.6 is 23.1 Å². The van der Waals surface area contributed by atoms with Crippen LogP contribution < -0.4 is 0 Å². The van der Waals surface area contributed by atoms with Crippen LogP contribution in [0.15, 0.2) is 21.8 Å². The summed E-state index contributed by atoms with van der Waals surface area (Å²) >= 11 is 3.26. The van der Waals surface area contributed by atoms with Gasteiger partial charge in [0.15, 0.2) is 0 Å². The van der Waals surface area contributed by atoms with Crippen LogP contribution in [-0.4, -0.2) is 23.0 Å². The second-order valence-electron chi connectivity index (χ2n) is 5.11. The molecule has 0 fully saturated rings. The SMILES string of the molecule is COC(=O)c1cc(CSc2ncnc3sc(C)c(C)c23)oc1C. The van der Waals surface area contributed by atoms with E-state index in [2.05, 4.69) is 23.8 Å². The van der Waals surface area contributed by atoms with Crippen molar-refractivity contribution in [2.75, 3.05) is 7.11 Å². The molecule has 0 amide bonds. The fraction of sp³-hybridized carbons (Fsp3) is 0.312. The molecular formula is C16H16N2O3S2. The number of thioether (sulfide) groups is 1. The Hall–Kier alpha value is -1.86. The van der Waals surface area contributed by atoms with Crippen LogP contribution in [0.1, 0.15) is 32.3 Å². The maximum atomic E-state index is 11.6. The number of aromatic nitrogens is 2. The second-order valence-corrected chi connectivity index (χ2v) is 7.27. The van der Waals surface area contributed by atoms with Crippen molar-refractivity contribution in [3.8, 4) is 0 Å². The monoisotopic (exact) mass is 348 g/mol. The summed E-state index contributed by atoms with van der Waals surface area (Å²) in [6.45, 7) is 5.94. The molecule has 120 valence electrons. The van der Waals surface area contributed by atoms with Crippen LogP contribution in [0.3, 0.4) is 0 Å². The summed E-state index contributed by atoms with van der Waals surface area (Å²) in [5.74, 6) is 1.52. The Morgan fingerprint density at radius 1 is 1.35 bits per heavy atom. The van der Waals surface area contributed by atoms with E-state index < -0.39 is 0 Å². The first-order chi connectivity index (χ1) is 11.0. The van der Waals surface area contributed by atoms with Gasteiger partial charge in [0.2, 0.25) is 0 Å². The van der Waals surface area contributed by atoms with Crippen molar-refractivity contribution in [3.63, 3.8) is 0 Å². The summed E-state index contributed by atoms with van der Waals surface area (Å²) in [5.41, 5.74) is 1.69. The van der Waals surface area contributed by atoms with E-state index in [0.717, 1.165) is 21.0 Å². The minimum Gasteiger partial charge on any atom is -0.465 e. The average Bonchev–Trinajstić information content (AvgIpc) is 3.05. The highest BCUT2D eigenvalue weighted by molar-refractivity contribution is 7.98. The largest absolute Gasteiger partial charge is 0.465 e. The molecule has 0 aliphatic carbocycles. The molecule has 5 nitrogen and oxygen atoms in total. The van der Waals surface area contributed by atoms with E-state index >= 15 is 0 Å². The lowest BCUT2D eigenvalue weighted by Crippen LogP contribution is -2.00. The van der Waals surface area contributed by atoms with Gasteiger partial charge in [0.05, 0.1) is 12.9 Å². The number of esters is 1. The highest BCUT2D eigenvalue weighted by Crippen LogP contribution is 2.35. The molecule has 23 heavy (non-hydrogen) atoms. The van der Waals surface area contributed by atoms with E-state index in [4.69, 9.17) is 9.15 Å². The van der Waals surface area contributed by atoms with Gasteiger partial charge in [-0.1, -0.05) is 11.8 Å². The predicted octanol–water partition coefficient (Wildman–Crippen LogP) is 4.29. The smallest absolute Gasteiger partial charge is 0.341 e. The van der Waals surface area contributed by atoms with Crippen LogP contribution in [0.2, 0.25) is 0 Å². The summed E-state index contributed by atoms with van der Waals surface area (Å²) in [5, 5.41) is 2.04. The summed E-state index contributed by atoms with van der Waals surface area (Å²) in [4.78, 5) is 22.6. The number of furan rings is 1. The van der Waals surface area contributed by atoms with E-state index in [0.29, 0.717) is 17.1 Å². The van der Waals surface area contributed by atoms with E-state index in [1.807, 2.05) is 0 Å². The highest BCUT2D eigenvalue weighted by Gasteiger charge is 2.17. The summed E-state index contributed by atoms with van der Waals surface area (Å²) in [6, 6.07) is 1.73. The Balaban J connectivity index is 1.85. The predicted molar refractivity (Wildman–Crippen MR) is 91.2 cm³/mol. The fourth-order valence-electron chi connectivity index (χ4n) is 2.33. The van der Waals surface area contributed by atoms with Crippen molar-refractivity contribution in [1.29, 1.82) is 0 Å². The normalized spacial score (nSPS) is 11.1. The molecule has 3 heterocycles. The first-order valence-corrected chi connectivity index (χ1v) is 8.82. The van der Waals surface area contributed by atoms with Crippen molar-refractivity contribution in [2.45, 2.75) is 31.6 Å². The number of fused-ring (bicyclic) bond motifs is 1. The zero-order valence-corrected chi connectivity index (χ0v) is 14.9. The molecule has 0 N–H and O–H groups in total. The summed E-state index contributed by atoms with van der Waals surface area (Å²) in [7, 11) is 1.36. The number of hydrogen-bond donors (Lipinski definition) is 0. The number of aryl methyl sites for hydroxylation is 3. The van der Waals surface area contributed by atoms with Gasteiger partial charge in [0, 0.05) is 10.3 Å². The minimum atomic E-state index is -0.378. The van der Waals surface area contributed by atoms with Gasteiger partial charge in [-0.05, 0) is 32.4 Å². The lowest BCUT2D eigenvalue weighted by atomic mass is 10.2. The molecule has 0 spiro atoms. The number of hydrogen-bond acceptors (Lipinski definition) is 7. The standard InChI is InChI=1S/C16H16N2O3S2/c1-8-10(3)23-15-13(8)14(17-7-18-15)22-6-11-5-12(9(2)21-11)16(19)20-4/h5,7H,6H2,1-4H3. The molecule has 0 bridgehead atoms. The molecular weight excluding hydrogens is 332 g/mol. The number of rotatable bonds is 4. The molecule has 0 unspecified atom stereocenters. The van der Waals surface area contributed by atoms with E-state index in [9.17, 15) is 4.79 Å². The Morgan fingerprint density at radius 2 is 2.13 bits per heavy atom. The number of ether oxygens (including phenoxy) is 1. The Morgan fingerprint density at radius 3 is 2.87 bits per heavy atom. The number of nitrogens with zero attached hydrogens (tertiary/aromatic N) is 2. The van der Waals surface area contributed by atoms with Gasteiger partial charge in [0.25, 0.3) is 0 Å². The third kappa shape index (κ3) is 2.98. The molecule has 0 saturated heterocycles. The van der Waals surface area contributed by atoms with Crippen LogP contribution in [0.4, 0.5) is 0 Å². The van der Waals surface area contributed by atoms with Gasteiger partial charge >= 0.3 is 5.97 Å². The van der Waals surface area contributed by atoms with E-state index in [1.54, 1.807) is 42.4 Å². The summed E-state index contributed by atoms with van der Waals surface area (Å²) < 4.78 is 10.4. The third-order valence-electron chi connectivity index (χ3n) is 3.66. The van der Waals surface area contributed by atoms with Gasteiger partial charge in [-0.25, -0.2) is 14.8 Å². The number of thiophene rings is 1. The van der Waals surface area contributed by atoms with Gasteiger partial charge in [-0.3, -0.25) is 0 Å². The van der Waals surface area contributed by atoms with E-state index in [-0.39, 0.29) is 5.97 Å². The maximum absolute atomic E-state index is 11.6. The van der Waals surface area contributed by atoms with Crippen LogP contribution in [-0.2, 0) is 10.5 Å². The van der Waals surface area contributed by atoms with Crippen molar-refractivity contribution in [3.05, 3.63) is 39.9 Å². The minimum absolute atomic E-state index is 0.378. The maximum Gasteiger partial charge on any atom is 0.341 e. The first-order valence-electron chi connectivity index (χ1n) is 7.02. The highest BCUT2D eigenvalue weighted by atomic mass is 32.2. The quantitative estimate of drug-likeness (QED) is 0.398. The molecule has 0 aromatic carbocycles. The Labute approximate surface area is 142 Å². The molecule has 3 aromatic rings. The lowest BCUT2D eigenvalue weighted by Gasteiger charge is -2.01. The zero-order valence-electron chi connectivity index (χ0n) is 13.3. The number of methoxy groups -OCH3 is 1. The van der Waals surface area contributed by atoms with Crippen molar-refractivity contribution in [1.82, 2.24) is 9.97 Å². The van der Waals surface area contributed by atoms with Crippen molar-refractivity contribution in [2.24, 2.45) is 0 Å². The van der Waals surface area contributed by atoms with Crippen LogP contribution in [0.25, 0.3) is 10.2 Å². The molecule has 7 heteroatoms. The number of carbonyl (C=O) groups excluding carboxylic acids is 1. The lowest BCUT2D eigenvalue weighted by molar-refractivity contribution is 0.0599. The number of carbonyl (C=O) groups is 1. The molecule has 0 aliphatic heterocycles. The average molecular weight is 348 g/mol. The third-order valence-corrected chi connectivity index (χ3v) is 5.78. The van der Waals surface area contributed by atoms with Crippen LogP contribution in [0, 0.1) is 20.8 Å². The molecule has 0 atom stereocenters.